The van der Waals surface area contributed by atoms with Gasteiger partial charge >= 0.3 is 0 Å². The molecule has 2 aliphatic rings. The van der Waals surface area contributed by atoms with Gasteiger partial charge < -0.3 is 24.5 Å². The number of rotatable bonds is 7. The minimum atomic E-state index is -0.539. The van der Waals surface area contributed by atoms with Gasteiger partial charge in [0.1, 0.15) is 11.9 Å². The molecular formula is C25H34N4O3. The van der Waals surface area contributed by atoms with Crippen LogP contribution < -0.4 is 5.32 Å². The molecule has 2 aromatic rings. The number of allylic oxidation sites excluding steroid dienone is 3. The van der Waals surface area contributed by atoms with E-state index in [1.165, 1.54) is 11.1 Å². The molecule has 0 aliphatic carbocycles. The number of aliphatic hydroxyl groups excluding tert-OH is 1. The van der Waals surface area contributed by atoms with Crippen LogP contribution >= 0.6 is 0 Å². The fourth-order valence-electron chi connectivity index (χ4n) is 4.28. The molecule has 0 bridgehead atoms. The standard InChI is InChI=1S/C25H34N4O3/c1-16-8-9-22(30)20(26-13-16)7-6-10-29-21-12-17(2)11-18(3)23(21)28-24(29)27-14-19-15-31-25(4,5)32-19/h8-9,11-12,19,30H,6-7,10,13-15H2,1-5H3,(H,27,28). The summed E-state index contributed by atoms with van der Waals surface area (Å²) < 4.78 is 13.9. The second-order valence-corrected chi connectivity index (χ2v) is 9.30. The van der Waals surface area contributed by atoms with Gasteiger partial charge in [0.05, 0.1) is 29.9 Å². The van der Waals surface area contributed by atoms with Crippen LogP contribution in [0.25, 0.3) is 11.0 Å². The molecule has 7 nitrogen and oxygen atoms in total. The Kier molecular flexibility index (Phi) is 6.40. The zero-order valence-corrected chi connectivity index (χ0v) is 19.7. The molecule has 2 aliphatic heterocycles. The van der Waals surface area contributed by atoms with Crippen LogP contribution in [0.4, 0.5) is 5.95 Å². The monoisotopic (exact) mass is 438 g/mol. The number of aryl methyl sites for hydroxylation is 3. The van der Waals surface area contributed by atoms with Crippen LogP contribution in [0, 0.1) is 13.8 Å². The lowest BCUT2D eigenvalue weighted by atomic mass is 10.1. The summed E-state index contributed by atoms with van der Waals surface area (Å²) in [5.41, 5.74) is 6.42. The number of nitrogens with one attached hydrogen (secondary N) is 1. The molecule has 1 fully saturated rings. The Morgan fingerprint density at radius 2 is 2.03 bits per heavy atom. The first-order chi connectivity index (χ1) is 15.2. The molecule has 4 rings (SSSR count). The number of aromatic nitrogens is 2. The molecule has 0 spiro atoms. The Bertz CT molecular complexity index is 1090. The Labute approximate surface area is 189 Å². The van der Waals surface area contributed by atoms with Crippen LogP contribution in [0.5, 0.6) is 0 Å². The number of hydrogen-bond donors (Lipinski definition) is 2. The van der Waals surface area contributed by atoms with E-state index in [2.05, 4.69) is 40.9 Å². The van der Waals surface area contributed by atoms with Crippen LogP contribution in [-0.2, 0) is 16.0 Å². The van der Waals surface area contributed by atoms with Gasteiger partial charge in [-0.2, -0.15) is 0 Å². The van der Waals surface area contributed by atoms with Crippen molar-refractivity contribution in [2.75, 3.05) is 25.0 Å². The normalized spacial score (nSPS) is 20.7. The van der Waals surface area contributed by atoms with E-state index in [1.807, 2.05) is 26.8 Å². The first-order valence-electron chi connectivity index (χ1n) is 11.3. The van der Waals surface area contributed by atoms with Crippen molar-refractivity contribution in [1.82, 2.24) is 9.55 Å². The molecule has 7 heteroatoms. The number of benzene rings is 1. The summed E-state index contributed by atoms with van der Waals surface area (Å²) in [5.74, 6) is 0.563. The van der Waals surface area contributed by atoms with Gasteiger partial charge in [0.15, 0.2) is 5.79 Å². The van der Waals surface area contributed by atoms with Crippen LogP contribution in [0.15, 0.2) is 40.6 Å². The number of fused-ring (bicyclic) bond motifs is 1. The van der Waals surface area contributed by atoms with Crippen molar-refractivity contribution in [3.8, 4) is 0 Å². The third-order valence-electron chi connectivity index (χ3n) is 5.88. The highest BCUT2D eigenvalue weighted by molar-refractivity contribution is 5.98. The molecule has 1 aromatic carbocycles. The lowest BCUT2D eigenvalue weighted by Gasteiger charge is -2.18. The first kappa shape index (κ1) is 22.6. The van der Waals surface area contributed by atoms with E-state index < -0.39 is 5.79 Å². The minimum absolute atomic E-state index is 0.0146. The summed E-state index contributed by atoms with van der Waals surface area (Å²) in [7, 11) is 0. The minimum Gasteiger partial charge on any atom is -0.506 e. The molecule has 172 valence electrons. The van der Waals surface area contributed by atoms with Gasteiger partial charge in [0.2, 0.25) is 5.95 Å². The van der Waals surface area contributed by atoms with Crippen molar-refractivity contribution < 1.29 is 14.6 Å². The molecule has 0 radical (unpaired) electrons. The van der Waals surface area contributed by atoms with E-state index in [4.69, 9.17) is 14.5 Å². The maximum absolute atomic E-state index is 10.3. The number of aliphatic hydroxyl groups is 1. The van der Waals surface area contributed by atoms with Crippen molar-refractivity contribution in [3.63, 3.8) is 0 Å². The predicted molar refractivity (Wildman–Crippen MR) is 129 cm³/mol. The summed E-state index contributed by atoms with van der Waals surface area (Å²) in [6, 6.07) is 4.35. The third kappa shape index (κ3) is 5.05. The predicted octanol–water partition coefficient (Wildman–Crippen LogP) is 4.84. The first-order valence-corrected chi connectivity index (χ1v) is 11.3. The zero-order chi connectivity index (χ0) is 22.9. The molecule has 1 aromatic heterocycles. The number of imidazole rings is 1. The fourth-order valence-corrected chi connectivity index (χ4v) is 4.28. The van der Waals surface area contributed by atoms with Gasteiger partial charge in [0, 0.05) is 13.1 Å². The van der Waals surface area contributed by atoms with Gasteiger partial charge in [-0.05, 0) is 70.7 Å². The smallest absolute Gasteiger partial charge is 0.203 e. The summed E-state index contributed by atoms with van der Waals surface area (Å²) in [6.45, 7) is 12.7. The molecule has 32 heavy (non-hydrogen) atoms. The maximum Gasteiger partial charge on any atom is 0.203 e. The Morgan fingerprint density at radius 3 is 2.78 bits per heavy atom. The van der Waals surface area contributed by atoms with E-state index in [1.54, 1.807) is 6.08 Å². The van der Waals surface area contributed by atoms with E-state index in [0.717, 1.165) is 41.2 Å². The molecule has 1 saturated heterocycles. The second kappa shape index (κ2) is 9.08. The number of anilines is 1. The van der Waals surface area contributed by atoms with Crippen LogP contribution in [0.1, 0.15) is 44.7 Å². The Hall–Kier alpha value is -2.64. The summed E-state index contributed by atoms with van der Waals surface area (Å²) in [4.78, 5) is 9.49. The van der Waals surface area contributed by atoms with E-state index in [9.17, 15) is 5.11 Å². The number of aliphatic imine (C=N–C) groups is 1. The average molecular weight is 439 g/mol. The Balaban J connectivity index is 1.51. The van der Waals surface area contributed by atoms with Gasteiger partial charge in [0.25, 0.3) is 0 Å². The largest absolute Gasteiger partial charge is 0.506 e. The summed E-state index contributed by atoms with van der Waals surface area (Å²) >= 11 is 0. The molecule has 1 atom stereocenters. The van der Waals surface area contributed by atoms with Crippen molar-refractivity contribution in [1.29, 1.82) is 0 Å². The van der Waals surface area contributed by atoms with Crippen molar-refractivity contribution in [3.05, 3.63) is 46.7 Å². The molecule has 2 N–H and O–H groups in total. The van der Waals surface area contributed by atoms with E-state index in [0.29, 0.717) is 26.1 Å². The molecule has 0 saturated carbocycles. The number of nitrogens with zero attached hydrogens (tertiary/aromatic N) is 3. The van der Waals surface area contributed by atoms with Crippen molar-refractivity contribution in [2.45, 2.75) is 65.9 Å². The van der Waals surface area contributed by atoms with Gasteiger partial charge in [-0.25, -0.2) is 4.98 Å². The molecule has 0 amide bonds. The van der Waals surface area contributed by atoms with Gasteiger partial charge in [-0.3, -0.25) is 4.99 Å². The van der Waals surface area contributed by atoms with E-state index in [-0.39, 0.29) is 11.9 Å². The van der Waals surface area contributed by atoms with Crippen LogP contribution in [-0.4, -0.2) is 52.0 Å². The molecule has 3 heterocycles. The lowest BCUT2D eigenvalue weighted by Crippen LogP contribution is -2.26. The Morgan fingerprint density at radius 1 is 1.22 bits per heavy atom. The zero-order valence-electron chi connectivity index (χ0n) is 19.7. The maximum atomic E-state index is 10.3. The molecular weight excluding hydrogens is 404 g/mol. The quantitative estimate of drug-likeness (QED) is 0.647. The van der Waals surface area contributed by atoms with Crippen molar-refractivity contribution >= 4 is 22.7 Å². The summed E-state index contributed by atoms with van der Waals surface area (Å²) in [6.07, 6.45) is 5.22. The number of ether oxygens (including phenoxy) is 2. The lowest BCUT2D eigenvalue weighted by molar-refractivity contribution is -0.136. The topological polar surface area (TPSA) is 80.9 Å². The van der Waals surface area contributed by atoms with Crippen molar-refractivity contribution in [2.24, 2.45) is 4.99 Å². The highest BCUT2D eigenvalue weighted by Crippen LogP contribution is 2.27. The fraction of sp³-hybridized carbons (Fsp3) is 0.520. The van der Waals surface area contributed by atoms with Gasteiger partial charge in [-0.15, -0.1) is 0 Å². The van der Waals surface area contributed by atoms with E-state index >= 15 is 0 Å². The highest BCUT2D eigenvalue weighted by Gasteiger charge is 2.32. The highest BCUT2D eigenvalue weighted by atomic mass is 16.7. The third-order valence-corrected chi connectivity index (χ3v) is 5.88. The average Bonchev–Trinajstić information content (AvgIpc) is 3.21. The van der Waals surface area contributed by atoms with Gasteiger partial charge in [-0.1, -0.05) is 17.7 Å². The number of hydrogen-bond acceptors (Lipinski definition) is 6. The van der Waals surface area contributed by atoms with Crippen LogP contribution in [0.3, 0.4) is 0 Å². The molecule has 1 unspecified atom stereocenters. The summed E-state index contributed by atoms with van der Waals surface area (Å²) in [5, 5.41) is 13.8. The van der Waals surface area contributed by atoms with Crippen LogP contribution in [0.2, 0.25) is 0 Å². The SMILES string of the molecule is CC1=CC=C(O)C(CCCn2c(NCC3COC(C)(C)O3)nc3c(C)cc(C)cc32)=NC1. The second-order valence-electron chi connectivity index (χ2n) is 9.30.